The minimum atomic E-state index is -0.238. The highest BCUT2D eigenvalue weighted by Crippen LogP contribution is 2.34. The van der Waals surface area contributed by atoms with E-state index in [0.717, 1.165) is 25.3 Å². The molecule has 0 bridgehead atoms. The van der Waals surface area contributed by atoms with Gasteiger partial charge >= 0.3 is 0 Å². The Bertz CT molecular complexity index is 866. The predicted octanol–water partition coefficient (Wildman–Crippen LogP) is 5.82. The second-order valence-electron chi connectivity index (χ2n) is 7.50. The first kappa shape index (κ1) is 18.7. The summed E-state index contributed by atoms with van der Waals surface area (Å²) in [6, 6.07) is 28.0. The molecule has 3 heteroatoms. The highest BCUT2D eigenvalue weighted by molar-refractivity contribution is 5.27. The predicted molar refractivity (Wildman–Crippen MR) is 111 cm³/mol. The largest absolute Gasteiger partial charge is 0.490 e. The molecule has 2 nitrogen and oxygen atoms in total. The third-order valence-electron chi connectivity index (χ3n) is 5.74. The summed E-state index contributed by atoms with van der Waals surface area (Å²) in [5.41, 5.74) is 2.63. The van der Waals surface area contributed by atoms with E-state index in [9.17, 15) is 4.39 Å². The molecule has 0 radical (unpaired) electrons. The number of likely N-dealkylation sites (tertiary alicyclic amines) is 1. The molecule has 1 unspecified atom stereocenters. The van der Waals surface area contributed by atoms with E-state index in [1.54, 1.807) is 12.1 Å². The number of ether oxygens (including phenoxy) is 1. The molecule has 4 rings (SSSR count). The van der Waals surface area contributed by atoms with Crippen LogP contribution >= 0.6 is 0 Å². The standard InChI is InChI=1S/C25H26FNO/c1-19(20-8-4-2-5-9-20)27-17-16-25(28-23-14-12-22(26)13-15-23)24(18-27)21-10-6-3-7-11-21/h2-15,19,24-25H,16-18H2,1H3/t19?,24-,25+/m0/s1. The summed E-state index contributed by atoms with van der Waals surface area (Å²) >= 11 is 0. The molecule has 0 N–H and O–H groups in total. The molecule has 0 aromatic heterocycles. The number of benzene rings is 3. The Morgan fingerprint density at radius 1 is 0.893 bits per heavy atom. The number of halogens is 1. The van der Waals surface area contributed by atoms with Crippen LogP contribution in [0.25, 0.3) is 0 Å². The molecule has 1 saturated heterocycles. The summed E-state index contributed by atoms with van der Waals surface area (Å²) in [6.45, 7) is 4.19. The van der Waals surface area contributed by atoms with Crippen LogP contribution in [0.4, 0.5) is 4.39 Å². The van der Waals surface area contributed by atoms with E-state index in [0.29, 0.717) is 6.04 Å². The van der Waals surface area contributed by atoms with Gasteiger partial charge in [-0.2, -0.15) is 0 Å². The van der Waals surface area contributed by atoms with Gasteiger partial charge in [-0.05, 0) is 48.7 Å². The highest BCUT2D eigenvalue weighted by Gasteiger charge is 2.34. The van der Waals surface area contributed by atoms with Gasteiger partial charge in [0, 0.05) is 25.0 Å². The molecule has 0 amide bonds. The van der Waals surface area contributed by atoms with Crippen molar-refractivity contribution in [1.29, 1.82) is 0 Å². The fourth-order valence-electron chi connectivity index (χ4n) is 4.10. The number of hydrogen-bond acceptors (Lipinski definition) is 2. The van der Waals surface area contributed by atoms with Crippen molar-refractivity contribution in [3.8, 4) is 5.75 Å². The van der Waals surface area contributed by atoms with E-state index >= 15 is 0 Å². The zero-order chi connectivity index (χ0) is 19.3. The molecule has 144 valence electrons. The fraction of sp³-hybridized carbons (Fsp3) is 0.280. The average molecular weight is 375 g/mol. The maximum atomic E-state index is 13.2. The van der Waals surface area contributed by atoms with Crippen molar-refractivity contribution in [3.63, 3.8) is 0 Å². The Kier molecular flexibility index (Phi) is 5.73. The van der Waals surface area contributed by atoms with Gasteiger partial charge in [-0.1, -0.05) is 60.7 Å². The highest BCUT2D eigenvalue weighted by atomic mass is 19.1. The zero-order valence-corrected chi connectivity index (χ0v) is 16.2. The summed E-state index contributed by atoms with van der Waals surface area (Å²) in [5.74, 6) is 0.765. The molecule has 0 aliphatic carbocycles. The van der Waals surface area contributed by atoms with Crippen molar-refractivity contribution in [1.82, 2.24) is 4.90 Å². The zero-order valence-electron chi connectivity index (χ0n) is 16.2. The van der Waals surface area contributed by atoms with Gasteiger partial charge in [0.05, 0.1) is 0 Å². The van der Waals surface area contributed by atoms with Crippen molar-refractivity contribution in [2.45, 2.75) is 31.4 Å². The molecule has 1 fully saturated rings. The molecular weight excluding hydrogens is 349 g/mol. The second kappa shape index (κ2) is 8.57. The maximum absolute atomic E-state index is 13.2. The Balaban J connectivity index is 1.55. The number of hydrogen-bond donors (Lipinski definition) is 0. The molecule has 3 aromatic carbocycles. The Morgan fingerprint density at radius 2 is 1.54 bits per heavy atom. The van der Waals surface area contributed by atoms with E-state index in [1.165, 1.54) is 23.3 Å². The van der Waals surface area contributed by atoms with Gasteiger partial charge in [-0.25, -0.2) is 4.39 Å². The van der Waals surface area contributed by atoms with Crippen LogP contribution in [0, 0.1) is 5.82 Å². The molecule has 1 aliphatic heterocycles. The second-order valence-corrected chi connectivity index (χ2v) is 7.50. The van der Waals surface area contributed by atoms with Crippen molar-refractivity contribution in [2.75, 3.05) is 13.1 Å². The molecule has 1 heterocycles. The summed E-state index contributed by atoms with van der Waals surface area (Å²) in [4.78, 5) is 2.54. The molecule has 3 atom stereocenters. The van der Waals surface area contributed by atoms with Crippen LogP contribution in [-0.4, -0.2) is 24.1 Å². The Morgan fingerprint density at radius 3 is 2.21 bits per heavy atom. The Hall–Kier alpha value is -2.65. The van der Waals surface area contributed by atoms with Crippen LogP contribution in [0.3, 0.4) is 0 Å². The van der Waals surface area contributed by atoms with Crippen molar-refractivity contribution >= 4 is 0 Å². The number of nitrogens with zero attached hydrogens (tertiary/aromatic N) is 1. The van der Waals surface area contributed by atoms with Crippen molar-refractivity contribution in [2.24, 2.45) is 0 Å². The fourth-order valence-corrected chi connectivity index (χ4v) is 4.10. The molecule has 28 heavy (non-hydrogen) atoms. The third-order valence-corrected chi connectivity index (χ3v) is 5.74. The molecule has 0 spiro atoms. The van der Waals surface area contributed by atoms with Crippen molar-refractivity contribution < 1.29 is 9.13 Å². The van der Waals surface area contributed by atoms with E-state index < -0.39 is 0 Å². The van der Waals surface area contributed by atoms with Crippen LogP contribution < -0.4 is 4.74 Å². The van der Waals surface area contributed by atoms with Gasteiger partial charge in [0.2, 0.25) is 0 Å². The first-order chi connectivity index (χ1) is 13.7. The molecular formula is C25H26FNO. The lowest BCUT2D eigenvalue weighted by molar-refractivity contribution is 0.0586. The van der Waals surface area contributed by atoms with Crippen LogP contribution in [0.1, 0.15) is 36.4 Å². The quantitative estimate of drug-likeness (QED) is 0.557. The smallest absolute Gasteiger partial charge is 0.123 e. The molecule has 0 saturated carbocycles. The summed E-state index contributed by atoms with van der Waals surface area (Å²) in [7, 11) is 0. The first-order valence-corrected chi connectivity index (χ1v) is 9.97. The van der Waals surface area contributed by atoms with Crippen LogP contribution in [0.2, 0.25) is 0 Å². The van der Waals surface area contributed by atoms with Crippen LogP contribution in [0.5, 0.6) is 5.75 Å². The third kappa shape index (κ3) is 4.26. The number of rotatable bonds is 5. The van der Waals surface area contributed by atoms with E-state index in [-0.39, 0.29) is 17.8 Å². The monoisotopic (exact) mass is 375 g/mol. The minimum Gasteiger partial charge on any atom is -0.490 e. The molecule has 1 aliphatic rings. The lowest BCUT2D eigenvalue weighted by Crippen LogP contribution is -2.45. The van der Waals surface area contributed by atoms with Crippen LogP contribution in [-0.2, 0) is 0 Å². The van der Waals surface area contributed by atoms with Gasteiger partial charge in [0.1, 0.15) is 17.7 Å². The van der Waals surface area contributed by atoms with Crippen molar-refractivity contribution in [3.05, 3.63) is 102 Å². The summed E-state index contributed by atoms with van der Waals surface area (Å²) in [6.07, 6.45) is 1.01. The number of piperidine rings is 1. The van der Waals surface area contributed by atoms with E-state index in [2.05, 4.69) is 66.4 Å². The van der Waals surface area contributed by atoms with Gasteiger partial charge in [-0.15, -0.1) is 0 Å². The molecule has 3 aromatic rings. The maximum Gasteiger partial charge on any atom is 0.123 e. The van der Waals surface area contributed by atoms with Gasteiger partial charge in [0.25, 0.3) is 0 Å². The lowest BCUT2D eigenvalue weighted by atomic mass is 9.86. The SMILES string of the molecule is CC(c1ccccc1)N1CC[C@@H](Oc2ccc(F)cc2)[C@H](c2ccccc2)C1. The van der Waals surface area contributed by atoms with E-state index in [1.807, 2.05) is 6.07 Å². The topological polar surface area (TPSA) is 12.5 Å². The van der Waals surface area contributed by atoms with Crippen LogP contribution in [0.15, 0.2) is 84.9 Å². The first-order valence-electron chi connectivity index (χ1n) is 9.97. The average Bonchev–Trinajstić information content (AvgIpc) is 2.76. The Labute approximate surface area is 166 Å². The summed E-state index contributed by atoms with van der Waals surface area (Å²) in [5, 5.41) is 0. The summed E-state index contributed by atoms with van der Waals surface area (Å²) < 4.78 is 19.6. The van der Waals surface area contributed by atoms with Gasteiger partial charge < -0.3 is 4.74 Å². The normalized spacial score (nSPS) is 21.2. The minimum absolute atomic E-state index is 0.0760. The van der Waals surface area contributed by atoms with Gasteiger partial charge in [0.15, 0.2) is 0 Å². The van der Waals surface area contributed by atoms with E-state index in [4.69, 9.17) is 4.74 Å². The lowest BCUT2D eigenvalue weighted by Gasteiger charge is -2.41. The van der Waals surface area contributed by atoms with Gasteiger partial charge in [-0.3, -0.25) is 4.90 Å².